The summed E-state index contributed by atoms with van der Waals surface area (Å²) in [7, 11) is 0. The van der Waals surface area contributed by atoms with Gasteiger partial charge in [0.25, 0.3) is 0 Å². The van der Waals surface area contributed by atoms with Crippen molar-refractivity contribution in [3.63, 3.8) is 0 Å². The third kappa shape index (κ3) is 6.88. The molecular weight excluding hydrogens is 536 g/mol. The van der Waals surface area contributed by atoms with E-state index in [1.807, 2.05) is 82.3 Å². The van der Waals surface area contributed by atoms with Crippen LogP contribution in [-0.4, -0.2) is 46.7 Å². The Morgan fingerprint density at radius 1 is 0.902 bits per heavy atom. The number of nitrogens with zero attached hydrogens (tertiary/aromatic N) is 1. The van der Waals surface area contributed by atoms with Crippen LogP contribution in [0.1, 0.15) is 62.9 Å². The van der Waals surface area contributed by atoms with Gasteiger partial charge in [0.2, 0.25) is 11.8 Å². The summed E-state index contributed by atoms with van der Waals surface area (Å²) in [4.78, 5) is 41.0. The van der Waals surface area contributed by atoms with Crippen LogP contribution in [0.3, 0.4) is 0 Å². The molecule has 3 aromatic rings. The molecule has 7 heteroatoms. The molecule has 2 N–H and O–H groups in total. The molecule has 1 aliphatic heterocycles. The molecule has 0 saturated carbocycles. The average molecular weight is 575 g/mol. The number of likely N-dealkylation sites (tertiary alicyclic amines) is 1. The van der Waals surface area contributed by atoms with Crippen molar-refractivity contribution in [2.45, 2.75) is 58.6 Å². The van der Waals surface area contributed by atoms with Gasteiger partial charge in [-0.15, -0.1) is 0 Å². The standard InChI is InChI=1S/C34H39ClN2O4/c1-23(2)31(32(40)37-21-20-34(41,33(3,4)22-37)27-14-16-28(35)17-15-27)36-30(39)19-18-29(38)26-12-10-25(11-13-26)24-8-6-5-7-9-24/h5-17,23,31,41H,18-22H2,1-4H3,(H,36,39)/t31-,34+/m1/s1. The maximum atomic E-state index is 13.6. The number of aliphatic hydroxyl groups is 1. The van der Waals surface area contributed by atoms with Gasteiger partial charge in [-0.25, -0.2) is 0 Å². The van der Waals surface area contributed by atoms with Crippen molar-refractivity contribution in [1.29, 1.82) is 0 Å². The molecule has 1 aliphatic rings. The van der Waals surface area contributed by atoms with Gasteiger partial charge in [-0.3, -0.25) is 14.4 Å². The SMILES string of the molecule is CC(C)[C@@H](NC(=O)CCC(=O)c1ccc(-c2ccccc2)cc1)C(=O)N1CC[C@](O)(c2ccc(Cl)cc2)C(C)(C)C1. The van der Waals surface area contributed by atoms with E-state index in [9.17, 15) is 19.5 Å². The summed E-state index contributed by atoms with van der Waals surface area (Å²) in [5, 5.41) is 15.1. The van der Waals surface area contributed by atoms with Gasteiger partial charge in [-0.1, -0.05) is 106 Å². The van der Waals surface area contributed by atoms with Gasteiger partial charge < -0.3 is 15.3 Å². The highest BCUT2D eigenvalue weighted by molar-refractivity contribution is 6.30. The summed E-state index contributed by atoms with van der Waals surface area (Å²) >= 11 is 6.05. The molecule has 1 heterocycles. The minimum Gasteiger partial charge on any atom is -0.384 e. The fourth-order valence-corrected chi connectivity index (χ4v) is 5.70. The van der Waals surface area contributed by atoms with E-state index >= 15 is 0 Å². The van der Waals surface area contributed by atoms with Crippen molar-refractivity contribution in [2.24, 2.45) is 11.3 Å². The van der Waals surface area contributed by atoms with Crippen LogP contribution < -0.4 is 5.32 Å². The van der Waals surface area contributed by atoms with E-state index in [1.165, 1.54) is 0 Å². The number of amides is 2. The Morgan fingerprint density at radius 3 is 2.10 bits per heavy atom. The number of halogens is 1. The van der Waals surface area contributed by atoms with Gasteiger partial charge in [0.1, 0.15) is 6.04 Å². The lowest BCUT2D eigenvalue weighted by atomic mass is 9.66. The first kappa shape index (κ1) is 30.5. The van der Waals surface area contributed by atoms with E-state index in [0.717, 1.165) is 16.7 Å². The number of hydrogen-bond acceptors (Lipinski definition) is 4. The molecule has 4 rings (SSSR count). The third-order valence-electron chi connectivity index (χ3n) is 8.23. The summed E-state index contributed by atoms with van der Waals surface area (Å²) in [5.74, 6) is -0.776. The molecular formula is C34H39ClN2O4. The number of hydrogen-bond donors (Lipinski definition) is 2. The maximum absolute atomic E-state index is 13.6. The van der Waals surface area contributed by atoms with E-state index in [4.69, 9.17) is 11.6 Å². The molecule has 2 atom stereocenters. The van der Waals surface area contributed by atoms with Crippen LogP contribution in [-0.2, 0) is 15.2 Å². The van der Waals surface area contributed by atoms with Gasteiger partial charge >= 0.3 is 0 Å². The molecule has 0 spiro atoms. The predicted octanol–water partition coefficient (Wildman–Crippen LogP) is 6.26. The van der Waals surface area contributed by atoms with Gasteiger partial charge in [0.15, 0.2) is 5.78 Å². The molecule has 2 amide bonds. The average Bonchev–Trinajstić information content (AvgIpc) is 2.96. The van der Waals surface area contributed by atoms with Gasteiger partial charge in [-0.2, -0.15) is 0 Å². The van der Waals surface area contributed by atoms with E-state index in [2.05, 4.69) is 5.32 Å². The zero-order valence-electron chi connectivity index (χ0n) is 24.2. The molecule has 1 saturated heterocycles. The topological polar surface area (TPSA) is 86.7 Å². The Kier molecular flexibility index (Phi) is 9.35. The highest BCUT2D eigenvalue weighted by Gasteiger charge is 2.50. The van der Waals surface area contributed by atoms with Crippen molar-refractivity contribution < 1.29 is 19.5 Å². The van der Waals surface area contributed by atoms with Crippen LogP contribution in [0, 0.1) is 11.3 Å². The molecule has 0 aromatic heterocycles. The van der Waals surface area contributed by atoms with Gasteiger partial charge in [0, 0.05) is 41.9 Å². The van der Waals surface area contributed by atoms with Crippen LogP contribution in [0.25, 0.3) is 11.1 Å². The number of piperidine rings is 1. The second-order valence-corrected chi connectivity index (χ2v) is 12.4. The van der Waals surface area contributed by atoms with Crippen molar-refractivity contribution >= 4 is 29.2 Å². The van der Waals surface area contributed by atoms with E-state index < -0.39 is 17.1 Å². The Hall–Kier alpha value is -3.48. The summed E-state index contributed by atoms with van der Waals surface area (Å²) in [5.41, 5.74) is 1.66. The van der Waals surface area contributed by atoms with Crippen molar-refractivity contribution in [2.75, 3.05) is 13.1 Å². The molecule has 41 heavy (non-hydrogen) atoms. The third-order valence-corrected chi connectivity index (χ3v) is 8.48. The Balaban J connectivity index is 1.35. The second kappa shape index (κ2) is 12.6. The second-order valence-electron chi connectivity index (χ2n) is 11.9. The lowest BCUT2D eigenvalue weighted by molar-refractivity contribution is -0.156. The normalized spacial score (nSPS) is 19.0. The molecule has 0 aliphatic carbocycles. The highest BCUT2D eigenvalue weighted by Crippen LogP contribution is 2.46. The zero-order chi connectivity index (χ0) is 29.8. The zero-order valence-corrected chi connectivity index (χ0v) is 24.9. The lowest BCUT2D eigenvalue weighted by Gasteiger charge is -2.51. The van der Waals surface area contributed by atoms with E-state index in [1.54, 1.807) is 29.2 Å². The molecule has 1 fully saturated rings. The van der Waals surface area contributed by atoms with Crippen LogP contribution in [0.4, 0.5) is 0 Å². The fraction of sp³-hybridized carbons (Fsp3) is 0.382. The number of ketones is 1. The maximum Gasteiger partial charge on any atom is 0.245 e. The summed E-state index contributed by atoms with van der Waals surface area (Å²) in [6, 6.07) is 23.8. The smallest absolute Gasteiger partial charge is 0.245 e. The minimum absolute atomic E-state index is 0.00240. The lowest BCUT2D eigenvalue weighted by Crippen LogP contribution is -2.60. The van der Waals surface area contributed by atoms with Crippen molar-refractivity contribution in [3.8, 4) is 11.1 Å². The number of Topliss-reactive ketones (excluding diaryl/α,β-unsaturated/α-hetero) is 1. The number of benzene rings is 3. The number of carbonyl (C=O) groups is 3. The predicted molar refractivity (Wildman–Crippen MR) is 163 cm³/mol. The van der Waals surface area contributed by atoms with E-state index in [0.29, 0.717) is 30.1 Å². The molecule has 216 valence electrons. The summed E-state index contributed by atoms with van der Waals surface area (Å²) in [6.45, 7) is 8.37. The van der Waals surface area contributed by atoms with Crippen LogP contribution in [0.2, 0.25) is 5.02 Å². The highest BCUT2D eigenvalue weighted by atomic mass is 35.5. The quantitative estimate of drug-likeness (QED) is 0.295. The largest absolute Gasteiger partial charge is 0.384 e. The molecule has 0 unspecified atom stereocenters. The van der Waals surface area contributed by atoms with Gasteiger partial charge in [-0.05, 0) is 41.2 Å². The number of carbonyl (C=O) groups excluding carboxylic acids is 3. The van der Waals surface area contributed by atoms with E-state index in [-0.39, 0.29) is 36.4 Å². The fourth-order valence-electron chi connectivity index (χ4n) is 5.58. The van der Waals surface area contributed by atoms with Crippen molar-refractivity contribution in [3.05, 3.63) is 95.0 Å². The number of nitrogens with one attached hydrogen (secondary N) is 1. The molecule has 6 nitrogen and oxygen atoms in total. The first-order chi connectivity index (χ1) is 19.4. The first-order valence-corrected chi connectivity index (χ1v) is 14.5. The minimum atomic E-state index is -1.12. The number of rotatable bonds is 9. The Labute approximate surface area is 247 Å². The first-order valence-electron chi connectivity index (χ1n) is 14.2. The summed E-state index contributed by atoms with van der Waals surface area (Å²) < 4.78 is 0. The van der Waals surface area contributed by atoms with Crippen molar-refractivity contribution in [1.82, 2.24) is 10.2 Å². The molecule has 0 radical (unpaired) electrons. The summed E-state index contributed by atoms with van der Waals surface area (Å²) in [6.07, 6.45) is 0.418. The Bertz CT molecular complexity index is 1370. The van der Waals surface area contributed by atoms with Crippen LogP contribution >= 0.6 is 11.6 Å². The Morgan fingerprint density at radius 2 is 1.51 bits per heavy atom. The van der Waals surface area contributed by atoms with Crippen LogP contribution in [0.5, 0.6) is 0 Å². The van der Waals surface area contributed by atoms with Gasteiger partial charge in [0.05, 0.1) is 5.60 Å². The molecule has 0 bridgehead atoms. The molecule has 3 aromatic carbocycles. The van der Waals surface area contributed by atoms with Crippen LogP contribution in [0.15, 0.2) is 78.9 Å². The monoisotopic (exact) mass is 574 g/mol.